The molecule has 5 rings (SSSR count). The van der Waals surface area contributed by atoms with Gasteiger partial charge in [-0.3, -0.25) is 9.36 Å². The molecule has 2 aromatic heterocycles. The summed E-state index contributed by atoms with van der Waals surface area (Å²) in [5.41, 5.74) is 2.83. The predicted octanol–water partition coefficient (Wildman–Crippen LogP) is 4.72. The van der Waals surface area contributed by atoms with Crippen molar-refractivity contribution in [1.29, 1.82) is 0 Å². The van der Waals surface area contributed by atoms with Crippen LogP contribution in [0.5, 0.6) is 0 Å². The number of carbonyl (C=O) groups excluding carboxylic acids is 1. The van der Waals surface area contributed by atoms with E-state index in [1.807, 2.05) is 6.92 Å². The monoisotopic (exact) mass is 562 g/mol. The summed E-state index contributed by atoms with van der Waals surface area (Å²) >= 11 is 7.29. The Kier molecular flexibility index (Phi) is 7.12. The number of nitrogens with zero attached hydrogens (tertiary/aromatic N) is 2. The fourth-order valence-electron chi connectivity index (χ4n) is 4.53. The number of halogens is 1. The van der Waals surface area contributed by atoms with Crippen LogP contribution >= 0.6 is 22.9 Å². The molecule has 1 atom stereocenters. The highest BCUT2D eigenvalue weighted by Crippen LogP contribution is 2.31. The fourth-order valence-corrected chi connectivity index (χ4v) is 5.68. The van der Waals surface area contributed by atoms with Gasteiger partial charge in [-0.15, -0.1) is 0 Å². The van der Waals surface area contributed by atoms with Crippen LogP contribution < -0.4 is 14.9 Å². The van der Waals surface area contributed by atoms with Gasteiger partial charge in [-0.05, 0) is 68.3 Å². The van der Waals surface area contributed by atoms with E-state index in [1.165, 1.54) is 22.0 Å². The quantitative estimate of drug-likeness (QED) is 0.340. The van der Waals surface area contributed by atoms with Gasteiger partial charge in [-0.25, -0.2) is 14.6 Å². The smallest absolute Gasteiger partial charge is 0.338 e. The number of allylic oxidation sites excluding steroid dienone is 1. The zero-order valence-corrected chi connectivity index (χ0v) is 22.8. The molecular formula is C29H23ClN2O6S. The zero-order valence-electron chi connectivity index (χ0n) is 21.2. The normalized spacial score (nSPS) is 15.2. The second-order valence-electron chi connectivity index (χ2n) is 8.89. The second kappa shape index (κ2) is 10.5. The van der Waals surface area contributed by atoms with Gasteiger partial charge in [0.1, 0.15) is 11.5 Å². The van der Waals surface area contributed by atoms with Crippen molar-refractivity contribution in [3.05, 3.63) is 113 Å². The summed E-state index contributed by atoms with van der Waals surface area (Å²) in [7, 11) is 0. The third-order valence-corrected chi connectivity index (χ3v) is 7.58. The molecule has 0 unspecified atom stereocenters. The molecule has 198 valence electrons. The molecule has 0 bridgehead atoms. The van der Waals surface area contributed by atoms with Crippen LogP contribution in [0.15, 0.2) is 80.1 Å². The molecule has 1 aliphatic heterocycles. The number of aromatic nitrogens is 1. The number of aromatic carboxylic acids is 1. The lowest BCUT2D eigenvalue weighted by Gasteiger charge is -2.24. The van der Waals surface area contributed by atoms with Gasteiger partial charge < -0.3 is 14.3 Å². The summed E-state index contributed by atoms with van der Waals surface area (Å²) in [5.74, 6) is -0.546. The van der Waals surface area contributed by atoms with Gasteiger partial charge >= 0.3 is 11.9 Å². The summed E-state index contributed by atoms with van der Waals surface area (Å²) in [6, 6.07) is 14.5. The molecule has 0 saturated carbocycles. The number of benzene rings is 2. The van der Waals surface area contributed by atoms with Crippen molar-refractivity contribution in [2.45, 2.75) is 26.8 Å². The Balaban J connectivity index is 1.60. The zero-order chi connectivity index (χ0) is 27.8. The summed E-state index contributed by atoms with van der Waals surface area (Å²) < 4.78 is 13.2. The lowest BCUT2D eigenvalue weighted by atomic mass is 9.96. The van der Waals surface area contributed by atoms with Crippen LogP contribution in [0, 0.1) is 6.92 Å². The molecule has 3 heterocycles. The lowest BCUT2D eigenvalue weighted by Crippen LogP contribution is -2.39. The van der Waals surface area contributed by atoms with Gasteiger partial charge in [0.15, 0.2) is 4.80 Å². The number of furan rings is 1. The molecule has 39 heavy (non-hydrogen) atoms. The number of carbonyl (C=O) groups is 2. The van der Waals surface area contributed by atoms with E-state index < -0.39 is 18.0 Å². The summed E-state index contributed by atoms with van der Waals surface area (Å²) in [5, 5.41) is 9.76. The van der Waals surface area contributed by atoms with Gasteiger partial charge in [0, 0.05) is 16.7 Å². The van der Waals surface area contributed by atoms with Crippen molar-refractivity contribution in [3.63, 3.8) is 0 Å². The molecule has 0 saturated heterocycles. The van der Waals surface area contributed by atoms with Crippen molar-refractivity contribution in [1.82, 2.24) is 4.57 Å². The van der Waals surface area contributed by atoms with E-state index in [9.17, 15) is 19.5 Å². The number of carboxylic acids is 1. The molecule has 0 spiro atoms. The average molecular weight is 563 g/mol. The van der Waals surface area contributed by atoms with Crippen molar-refractivity contribution >= 4 is 41.0 Å². The van der Waals surface area contributed by atoms with E-state index in [-0.39, 0.29) is 17.7 Å². The number of esters is 1. The first-order valence-corrected chi connectivity index (χ1v) is 13.3. The average Bonchev–Trinajstić information content (AvgIpc) is 3.48. The highest BCUT2D eigenvalue weighted by Gasteiger charge is 2.33. The van der Waals surface area contributed by atoms with Gasteiger partial charge in [0.2, 0.25) is 0 Å². The van der Waals surface area contributed by atoms with Gasteiger partial charge in [-0.2, -0.15) is 0 Å². The Morgan fingerprint density at radius 2 is 1.90 bits per heavy atom. The molecule has 4 aromatic rings. The Hall–Kier alpha value is -4.21. The third kappa shape index (κ3) is 4.98. The van der Waals surface area contributed by atoms with Crippen LogP contribution in [0.25, 0.3) is 17.4 Å². The Morgan fingerprint density at radius 3 is 2.56 bits per heavy atom. The van der Waals surface area contributed by atoms with E-state index in [4.69, 9.17) is 20.8 Å². The van der Waals surface area contributed by atoms with Crippen LogP contribution in [0.2, 0.25) is 5.02 Å². The molecule has 0 aliphatic carbocycles. The minimum absolute atomic E-state index is 0.187. The van der Waals surface area contributed by atoms with Gasteiger partial charge in [0.25, 0.3) is 5.56 Å². The second-order valence-corrected chi connectivity index (χ2v) is 10.3. The number of thiazole rings is 1. The van der Waals surface area contributed by atoms with Crippen LogP contribution in [0.1, 0.15) is 47.1 Å². The van der Waals surface area contributed by atoms with E-state index in [0.29, 0.717) is 42.7 Å². The molecule has 1 N–H and O–H groups in total. The molecule has 10 heteroatoms. The molecule has 1 aliphatic rings. The minimum atomic E-state index is -1.00. The minimum Gasteiger partial charge on any atom is -0.478 e. The number of hydrogen-bond acceptors (Lipinski definition) is 7. The molecule has 2 aromatic carbocycles. The molecule has 0 fully saturated rings. The maximum Gasteiger partial charge on any atom is 0.338 e. The van der Waals surface area contributed by atoms with Crippen molar-refractivity contribution in [2.24, 2.45) is 4.99 Å². The summed E-state index contributed by atoms with van der Waals surface area (Å²) in [6.45, 7) is 5.44. The van der Waals surface area contributed by atoms with Crippen molar-refractivity contribution < 1.29 is 23.8 Å². The van der Waals surface area contributed by atoms with Crippen LogP contribution in [-0.2, 0) is 9.53 Å². The van der Waals surface area contributed by atoms with E-state index in [2.05, 4.69) is 4.99 Å². The number of fused-ring (bicyclic) bond motifs is 1. The standard InChI is InChI=1S/C29H23ClN2O6S/c1-4-37-28(36)24-16(3)31-29-32(25(24)17-5-8-19(30)9-6-17)26(33)23(39-29)14-20-10-12-22(38-20)21-11-7-18(27(34)35)13-15(21)2/h5-14,25H,4H2,1-3H3,(H,34,35)/b23-14-/t25-/m0/s1. The highest BCUT2D eigenvalue weighted by atomic mass is 35.5. The van der Waals surface area contributed by atoms with E-state index in [0.717, 1.165) is 11.1 Å². The Morgan fingerprint density at radius 1 is 1.15 bits per heavy atom. The van der Waals surface area contributed by atoms with Crippen LogP contribution in [-0.4, -0.2) is 28.2 Å². The number of rotatable bonds is 6. The topological polar surface area (TPSA) is 111 Å². The SMILES string of the molecule is CCOC(=O)C1=C(C)N=c2s/c(=C\c3ccc(-c4ccc(C(=O)O)cc4C)o3)c(=O)n2[C@H]1c1ccc(Cl)cc1. The number of aryl methyl sites for hydroxylation is 1. The molecule has 8 nitrogen and oxygen atoms in total. The van der Waals surface area contributed by atoms with Crippen molar-refractivity contribution in [3.8, 4) is 11.3 Å². The first-order valence-electron chi connectivity index (χ1n) is 12.1. The Labute approximate surface area is 231 Å². The van der Waals surface area contributed by atoms with Crippen LogP contribution in [0.4, 0.5) is 0 Å². The third-order valence-electron chi connectivity index (χ3n) is 6.34. The highest BCUT2D eigenvalue weighted by molar-refractivity contribution is 7.07. The van der Waals surface area contributed by atoms with E-state index in [1.54, 1.807) is 68.5 Å². The molecule has 0 radical (unpaired) electrons. The fraction of sp³-hybridized carbons (Fsp3) is 0.172. The number of hydrogen-bond donors (Lipinski definition) is 1. The first kappa shape index (κ1) is 26.4. The molecular weight excluding hydrogens is 540 g/mol. The maximum absolute atomic E-state index is 13.7. The Bertz CT molecular complexity index is 1830. The lowest BCUT2D eigenvalue weighted by molar-refractivity contribution is -0.139. The van der Waals surface area contributed by atoms with Crippen molar-refractivity contribution in [2.75, 3.05) is 6.61 Å². The van der Waals surface area contributed by atoms with Gasteiger partial charge in [0.05, 0.1) is 34.0 Å². The number of carboxylic acid groups (broad SMARTS) is 1. The summed E-state index contributed by atoms with van der Waals surface area (Å²) in [4.78, 5) is 43.0. The van der Waals surface area contributed by atoms with Gasteiger partial charge in [-0.1, -0.05) is 41.1 Å². The van der Waals surface area contributed by atoms with E-state index >= 15 is 0 Å². The molecule has 0 amide bonds. The first-order chi connectivity index (χ1) is 18.7. The number of ether oxygens (including phenoxy) is 1. The maximum atomic E-state index is 13.7. The van der Waals surface area contributed by atoms with Crippen LogP contribution in [0.3, 0.4) is 0 Å². The predicted molar refractivity (Wildman–Crippen MR) is 148 cm³/mol. The largest absolute Gasteiger partial charge is 0.478 e. The summed E-state index contributed by atoms with van der Waals surface area (Å²) in [6.07, 6.45) is 1.64.